The quantitative estimate of drug-likeness (QED) is 0.670. The van der Waals surface area contributed by atoms with Crippen LogP contribution >= 0.6 is 0 Å². The van der Waals surface area contributed by atoms with Crippen LogP contribution in [0, 0.1) is 17.5 Å². The molecule has 2 atom stereocenters. The monoisotopic (exact) mass is 326 g/mol. The third kappa shape index (κ3) is 3.34. The average Bonchev–Trinajstić information content (AvgIpc) is 2.38. The Labute approximate surface area is 121 Å². The molecule has 1 aliphatic rings. The van der Waals surface area contributed by atoms with Gasteiger partial charge in [-0.15, -0.1) is 0 Å². The predicted octanol–water partition coefficient (Wildman–Crippen LogP) is 2.31. The number of nitrogens with zero attached hydrogens (tertiary/aromatic N) is 1. The molecule has 0 bridgehead atoms. The molecule has 1 amide bonds. The average molecular weight is 326 g/mol. The van der Waals surface area contributed by atoms with Crippen LogP contribution in [0.1, 0.15) is 17.9 Å². The van der Waals surface area contributed by atoms with Gasteiger partial charge in [-0.25, -0.2) is 13.2 Å². The summed E-state index contributed by atoms with van der Waals surface area (Å²) in [5, 5.41) is 0. The lowest BCUT2D eigenvalue weighted by atomic mass is 9.87. The van der Waals surface area contributed by atoms with E-state index < -0.39 is 60.1 Å². The Bertz CT molecular complexity index is 589. The van der Waals surface area contributed by atoms with Crippen LogP contribution in [-0.2, 0) is 4.79 Å². The summed E-state index contributed by atoms with van der Waals surface area (Å²) < 4.78 is 78.1. The molecule has 122 valence electrons. The molecule has 3 nitrogen and oxygen atoms in total. The van der Waals surface area contributed by atoms with Gasteiger partial charge < -0.3 is 10.6 Å². The SMILES string of the molecule is N[C@H]1C[C@@H](c2c(F)ccc(F)c2F)CN(CC(F)(F)F)C1=O. The van der Waals surface area contributed by atoms with Crippen LogP contribution in [0.2, 0.25) is 0 Å². The Morgan fingerprint density at radius 2 is 1.77 bits per heavy atom. The maximum absolute atomic E-state index is 13.8. The predicted molar refractivity (Wildman–Crippen MR) is 64.3 cm³/mol. The van der Waals surface area contributed by atoms with E-state index in [1.54, 1.807) is 0 Å². The second-order valence-electron chi connectivity index (χ2n) is 5.13. The van der Waals surface area contributed by atoms with Crippen LogP contribution in [-0.4, -0.2) is 36.1 Å². The summed E-state index contributed by atoms with van der Waals surface area (Å²) in [6.45, 7) is -2.15. The molecule has 9 heteroatoms. The number of piperidine rings is 1. The summed E-state index contributed by atoms with van der Waals surface area (Å²) >= 11 is 0. The first-order valence-corrected chi connectivity index (χ1v) is 6.34. The van der Waals surface area contributed by atoms with E-state index in [1.165, 1.54) is 0 Å². The first kappa shape index (κ1) is 16.6. The van der Waals surface area contributed by atoms with E-state index >= 15 is 0 Å². The van der Waals surface area contributed by atoms with Gasteiger partial charge in [0.2, 0.25) is 5.91 Å². The van der Waals surface area contributed by atoms with Crippen LogP contribution in [0.15, 0.2) is 12.1 Å². The Morgan fingerprint density at radius 3 is 2.36 bits per heavy atom. The number of halogens is 6. The normalized spacial score (nSPS) is 23.0. The van der Waals surface area contributed by atoms with E-state index in [0.717, 1.165) is 0 Å². The summed E-state index contributed by atoms with van der Waals surface area (Å²) in [5.41, 5.74) is 4.77. The van der Waals surface area contributed by atoms with Crippen molar-refractivity contribution >= 4 is 5.91 Å². The first-order valence-electron chi connectivity index (χ1n) is 6.34. The molecular weight excluding hydrogens is 314 g/mol. The zero-order chi connectivity index (χ0) is 16.7. The van der Waals surface area contributed by atoms with Crippen LogP contribution in [0.4, 0.5) is 26.3 Å². The summed E-state index contributed by atoms with van der Waals surface area (Å²) in [6.07, 6.45) is -4.93. The summed E-state index contributed by atoms with van der Waals surface area (Å²) in [7, 11) is 0. The lowest BCUT2D eigenvalue weighted by Crippen LogP contribution is -2.53. The number of likely N-dealkylation sites (tertiary alicyclic amines) is 1. The largest absolute Gasteiger partial charge is 0.406 e. The van der Waals surface area contributed by atoms with Gasteiger partial charge in [-0.3, -0.25) is 4.79 Å². The summed E-state index contributed by atoms with van der Waals surface area (Å²) in [4.78, 5) is 12.0. The highest BCUT2D eigenvalue weighted by atomic mass is 19.4. The maximum atomic E-state index is 13.8. The van der Waals surface area contributed by atoms with Crippen molar-refractivity contribution in [2.24, 2.45) is 5.73 Å². The van der Waals surface area contributed by atoms with Crippen molar-refractivity contribution in [2.75, 3.05) is 13.1 Å². The van der Waals surface area contributed by atoms with Crippen molar-refractivity contribution < 1.29 is 31.1 Å². The number of amides is 1. The van der Waals surface area contributed by atoms with Gasteiger partial charge >= 0.3 is 6.18 Å². The van der Waals surface area contributed by atoms with Crippen molar-refractivity contribution in [1.82, 2.24) is 4.90 Å². The molecule has 0 saturated carbocycles. The van der Waals surface area contributed by atoms with Gasteiger partial charge in [0, 0.05) is 18.0 Å². The fourth-order valence-corrected chi connectivity index (χ4v) is 2.56. The number of carbonyl (C=O) groups is 1. The molecule has 0 aromatic heterocycles. The number of benzene rings is 1. The number of nitrogens with two attached hydrogens (primary N) is 1. The molecule has 0 spiro atoms. The van der Waals surface area contributed by atoms with Crippen molar-refractivity contribution in [3.05, 3.63) is 35.1 Å². The molecule has 1 saturated heterocycles. The fraction of sp³-hybridized carbons (Fsp3) is 0.462. The minimum absolute atomic E-state index is 0.259. The van der Waals surface area contributed by atoms with Gasteiger partial charge in [0.05, 0.1) is 6.04 Å². The molecule has 2 N–H and O–H groups in total. The third-order valence-electron chi connectivity index (χ3n) is 3.47. The Morgan fingerprint density at radius 1 is 1.18 bits per heavy atom. The van der Waals surface area contributed by atoms with Crippen molar-refractivity contribution in [1.29, 1.82) is 0 Å². The first-order chi connectivity index (χ1) is 10.1. The van der Waals surface area contributed by atoms with Gasteiger partial charge in [-0.05, 0) is 18.6 Å². The standard InChI is InChI=1S/C13H12F6N2O/c14-7-1-2-8(15)11(16)10(7)6-3-9(20)12(22)21(4-6)5-13(17,18)19/h1-2,6,9H,3-5,20H2/t6-,9+/m1/s1. The van der Waals surface area contributed by atoms with Crippen molar-refractivity contribution in [3.8, 4) is 0 Å². The summed E-state index contributed by atoms with van der Waals surface area (Å²) in [5.74, 6) is -5.98. The van der Waals surface area contributed by atoms with Gasteiger partial charge in [0.25, 0.3) is 0 Å². The molecule has 0 radical (unpaired) electrons. The Hall–Kier alpha value is -1.77. The lowest BCUT2D eigenvalue weighted by molar-refractivity contribution is -0.165. The van der Waals surface area contributed by atoms with Gasteiger partial charge in [-0.1, -0.05) is 0 Å². The highest BCUT2D eigenvalue weighted by molar-refractivity contribution is 5.82. The molecule has 1 heterocycles. The number of alkyl halides is 3. The zero-order valence-corrected chi connectivity index (χ0v) is 11.1. The van der Waals surface area contributed by atoms with Crippen molar-refractivity contribution in [3.63, 3.8) is 0 Å². The highest BCUT2D eigenvalue weighted by Gasteiger charge is 2.41. The van der Waals surface area contributed by atoms with Crippen LogP contribution in [0.3, 0.4) is 0 Å². The number of hydrogen-bond acceptors (Lipinski definition) is 2. The summed E-state index contributed by atoms with van der Waals surface area (Å²) in [6, 6.07) is -0.0672. The molecule has 1 aromatic carbocycles. The van der Waals surface area contributed by atoms with E-state index in [4.69, 9.17) is 5.73 Å². The second kappa shape index (κ2) is 5.79. The van der Waals surface area contributed by atoms with Crippen LogP contribution in [0.5, 0.6) is 0 Å². The minimum Gasteiger partial charge on any atom is -0.332 e. The maximum Gasteiger partial charge on any atom is 0.406 e. The third-order valence-corrected chi connectivity index (χ3v) is 3.47. The van der Waals surface area contributed by atoms with E-state index in [1.807, 2.05) is 0 Å². The zero-order valence-electron chi connectivity index (χ0n) is 11.1. The van der Waals surface area contributed by atoms with Gasteiger partial charge in [-0.2, -0.15) is 13.2 Å². The van der Waals surface area contributed by atoms with E-state index in [2.05, 4.69) is 0 Å². The number of carbonyl (C=O) groups excluding carboxylic acids is 1. The molecule has 22 heavy (non-hydrogen) atoms. The van der Waals surface area contributed by atoms with Crippen LogP contribution < -0.4 is 5.73 Å². The van der Waals surface area contributed by atoms with Gasteiger partial charge in [0.1, 0.15) is 12.4 Å². The van der Waals surface area contributed by atoms with E-state index in [9.17, 15) is 31.1 Å². The smallest absolute Gasteiger partial charge is 0.332 e. The van der Waals surface area contributed by atoms with E-state index in [0.29, 0.717) is 17.0 Å². The fourth-order valence-electron chi connectivity index (χ4n) is 2.56. The Kier molecular flexibility index (Phi) is 4.37. The molecule has 0 unspecified atom stereocenters. The Balaban J connectivity index is 2.33. The highest BCUT2D eigenvalue weighted by Crippen LogP contribution is 2.33. The second-order valence-corrected chi connectivity index (χ2v) is 5.13. The number of hydrogen-bond donors (Lipinski definition) is 1. The molecular formula is C13H12F6N2O. The number of rotatable bonds is 2. The molecule has 0 aliphatic carbocycles. The minimum atomic E-state index is -4.67. The molecule has 1 fully saturated rings. The molecule has 1 aliphatic heterocycles. The van der Waals surface area contributed by atoms with Crippen LogP contribution in [0.25, 0.3) is 0 Å². The topological polar surface area (TPSA) is 46.3 Å². The van der Waals surface area contributed by atoms with Crippen molar-refractivity contribution in [2.45, 2.75) is 24.6 Å². The molecule has 1 aromatic rings. The van der Waals surface area contributed by atoms with Gasteiger partial charge in [0.15, 0.2) is 11.6 Å². The lowest BCUT2D eigenvalue weighted by Gasteiger charge is -2.36. The molecule has 2 rings (SSSR count). The van der Waals surface area contributed by atoms with E-state index in [-0.39, 0.29) is 6.42 Å².